The Kier molecular flexibility index (Phi) is 5.63. The van der Waals surface area contributed by atoms with Gasteiger partial charge in [0, 0.05) is 31.2 Å². The first-order valence-corrected chi connectivity index (χ1v) is 10.2. The molecule has 1 aliphatic rings. The Balaban J connectivity index is 1.35. The predicted molar refractivity (Wildman–Crippen MR) is 115 cm³/mol. The van der Waals surface area contributed by atoms with Gasteiger partial charge in [0.2, 0.25) is 0 Å². The van der Waals surface area contributed by atoms with Crippen molar-refractivity contribution in [1.82, 2.24) is 15.1 Å². The average Bonchev–Trinajstić information content (AvgIpc) is 3.30. The summed E-state index contributed by atoms with van der Waals surface area (Å²) in [5.74, 6) is 2.04. The lowest BCUT2D eigenvalue weighted by Crippen LogP contribution is -2.56. The van der Waals surface area contributed by atoms with Crippen molar-refractivity contribution in [2.24, 2.45) is 0 Å². The molecule has 30 heavy (non-hydrogen) atoms. The van der Waals surface area contributed by atoms with Gasteiger partial charge in [0.15, 0.2) is 17.2 Å². The number of piperazine rings is 1. The topological polar surface area (TPSA) is 71.7 Å². The molecular formula is C22H23ClN4O3. The van der Waals surface area contributed by atoms with Crippen molar-refractivity contribution >= 4 is 23.3 Å². The van der Waals surface area contributed by atoms with Crippen LogP contribution in [0.3, 0.4) is 0 Å². The first-order valence-electron chi connectivity index (χ1n) is 9.79. The Morgan fingerprint density at radius 1 is 1.03 bits per heavy atom. The van der Waals surface area contributed by atoms with E-state index in [1.165, 1.54) is 0 Å². The lowest BCUT2D eigenvalue weighted by molar-refractivity contribution is -0.145. The van der Waals surface area contributed by atoms with Crippen LogP contribution in [0.4, 0.5) is 5.82 Å². The molecule has 0 atom stereocenters. The molecular weight excluding hydrogens is 404 g/mol. The molecule has 1 amide bonds. The van der Waals surface area contributed by atoms with Crippen LogP contribution in [0.25, 0.3) is 11.5 Å². The predicted octanol–water partition coefficient (Wildman–Crippen LogP) is 3.90. The summed E-state index contributed by atoms with van der Waals surface area (Å²) in [5, 5.41) is 9.19. The molecule has 3 heterocycles. The summed E-state index contributed by atoms with van der Waals surface area (Å²) in [6, 6.07) is 14.5. The van der Waals surface area contributed by atoms with Crippen molar-refractivity contribution in [1.29, 1.82) is 0 Å². The summed E-state index contributed by atoms with van der Waals surface area (Å²) < 4.78 is 11.3. The number of furan rings is 1. The Morgan fingerprint density at radius 2 is 1.77 bits per heavy atom. The van der Waals surface area contributed by atoms with Gasteiger partial charge in [-0.15, -0.1) is 10.2 Å². The number of carbonyl (C=O) groups excluding carboxylic acids is 1. The Bertz CT molecular complexity index is 980. The number of ether oxygens (including phenoxy) is 1. The van der Waals surface area contributed by atoms with Crippen LogP contribution in [0.15, 0.2) is 59.2 Å². The molecule has 1 aliphatic heterocycles. The Hall–Kier alpha value is -3.06. The first-order chi connectivity index (χ1) is 14.4. The van der Waals surface area contributed by atoms with Crippen molar-refractivity contribution in [2.75, 3.05) is 31.1 Å². The molecule has 7 nitrogen and oxygen atoms in total. The maximum atomic E-state index is 13.0. The van der Waals surface area contributed by atoms with Crippen LogP contribution >= 0.6 is 11.6 Å². The number of aromatic nitrogens is 2. The van der Waals surface area contributed by atoms with E-state index in [0.717, 1.165) is 5.82 Å². The third-order valence-electron chi connectivity index (χ3n) is 5.02. The van der Waals surface area contributed by atoms with E-state index in [-0.39, 0.29) is 5.91 Å². The van der Waals surface area contributed by atoms with E-state index in [0.29, 0.717) is 48.4 Å². The third kappa shape index (κ3) is 4.41. The minimum atomic E-state index is -0.972. The normalized spacial score (nSPS) is 14.6. The third-order valence-corrected chi connectivity index (χ3v) is 5.27. The summed E-state index contributed by atoms with van der Waals surface area (Å²) in [6.07, 6.45) is 1.61. The summed E-state index contributed by atoms with van der Waals surface area (Å²) in [4.78, 5) is 17.0. The van der Waals surface area contributed by atoms with Gasteiger partial charge in [-0.1, -0.05) is 11.6 Å². The van der Waals surface area contributed by atoms with E-state index < -0.39 is 5.60 Å². The van der Waals surface area contributed by atoms with E-state index in [2.05, 4.69) is 15.1 Å². The van der Waals surface area contributed by atoms with Crippen molar-refractivity contribution in [3.05, 3.63) is 59.8 Å². The molecule has 0 aliphatic carbocycles. The van der Waals surface area contributed by atoms with Gasteiger partial charge in [-0.25, -0.2) is 0 Å². The first kappa shape index (κ1) is 20.2. The lowest BCUT2D eigenvalue weighted by atomic mass is 10.1. The quantitative estimate of drug-likeness (QED) is 0.616. The maximum absolute atomic E-state index is 13.0. The molecule has 0 N–H and O–H groups in total. The average molecular weight is 427 g/mol. The van der Waals surface area contributed by atoms with Crippen LogP contribution in [0.1, 0.15) is 13.8 Å². The molecule has 0 radical (unpaired) electrons. The monoisotopic (exact) mass is 426 g/mol. The highest BCUT2D eigenvalue weighted by atomic mass is 35.5. The van der Waals surface area contributed by atoms with Crippen LogP contribution in [-0.2, 0) is 4.79 Å². The fourth-order valence-electron chi connectivity index (χ4n) is 3.41. The second kappa shape index (κ2) is 8.36. The second-order valence-electron chi connectivity index (χ2n) is 7.60. The zero-order valence-corrected chi connectivity index (χ0v) is 17.7. The van der Waals surface area contributed by atoms with Crippen molar-refractivity contribution in [3.63, 3.8) is 0 Å². The Morgan fingerprint density at radius 3 is 2.37 bits per heavy atom. The van der Waals surface area contributed by atoms with Gasteiger partial charge in [-0.2, -0.15) is 0 Å². The number of anilines is 1. The molecule has 2 aromatic heterocycles. The van der Waals surface area contributed by atoms with Crippen molar-refractivity contribution < 1.29 is 13.9 Å². The Labute approximate surface area is 180 Å². The van der Waals surface area contributed by atoms with E-state index in [9.17, 15) is 4.79 Å². The minimum Gasteiger partial charge on any atom is -0.478 e. The number of rotatable bonds is 5. The van der Waals surface area contributed by atoms with Crippen LogP contribution in [-0.4, -0.2) is 52.8 Å². The largest absolute Gasteiger partial charge is 0.478 e. The molecule has 156 valence electrons. The molecule has 3 aromatic rings. The molecule has 1 aromatic carbocycles. The van der Waals surface area contributed by atoms with Gasteiger partial charge in [0.05, 0.1) is 6.26 Å². The highest BCUT2D eigenvalue weighted by Crippen LogP contribution is 2.24. The van der Waals surface area contributed by atoms with Gasteiger partial charge < -0.3 is 19.0 Å². The zero-order valence-electron chi connectivity index (χ0n) is 16.9. The van der Waals surface area contributed by atoms with Gasteiger partial charge >= 0.3 is 0 Å². The maximum Gasteiger partial charge on any atom is 0.266 e. The summed E-state index contributed by atoms with van der Waals surface area (Å²) in [5.41, 5.74) is -0.279. The number of halogens is 1. The van der Waals surface area contributed by atoms with Crippen molar-refractivity contribution in [2.45, 2.75) is 19.4 Å². The minimum absolute atomic E-state index is 0.0450. The van der Waals surface area contributed by atoms with E-state index in [4.69, 9.17) is 20.8 Å². The molecule has 1 fully saturated rings. The van der Waals surface area contributed by atoms with Crippen LogP contribution in [0.5, 0.6) is 5.75 Å². The molecule has 1 saturated heterocycles. The highest BCUT2D eigenvalue weighted by Gasteiger charge is 2.36. The van der Waals surface area contributed by atoms with Crippen LogP contribution in [0, 0.1) is 0 Å². The van der Waals surface area contributed by atoms with E-state index in [1.807, 2.05) is 29.2 Å². The number of carbonyl (C=O) groups is 1. The van der Waals surface area contributed by atoms with Crippen molar-refractivity contribution in [3.8, 4) is 17.2 Å². The summed E-state index contributed by atoms with van der Waals surface area (Å²) in [7, 11) is 0. The standard InChI is InChI=1S/C22H23ClN4O3/c1-22(2,30-17-7-5-16(23)6-8-17)21(28)27-13-11-26(12-14-27)20-10-9-18(24-25-20)19-4-3-15-29-19/h3-10,15H,11-14H2,1-2H3. The summed E-state index contributed by atoms with van der Waals surface area (Å²) in [6.45, 7) is 6.11. The van der Waals surface area contributed by atoms with Gasteiger partial charge in [-0.3, -0.25) is 4.79 Å². The number of benzene rings is 1. The molecule has 0 saturated carbocycles. The number of hydrogen-bond acceptors (Lipinski definition) is 6. The highest BCUT2D eigenvalue weighted by molar-refractivity contribution is 6.30. The SMILES string of the molecule is CC(C)(Oc1ccc(Cl)cc1)C(=O)N1CCN(c2ccc(-c3ccco3)nn2)CC1. The van der Waals surface area contributed by atoms with Crippen LogP contribution < -0.4 is 9.64 Å². The van der Waals surface area contributed by atoms with Gasteiger partial charge in [0.25, 0.3) is 5.91 Å². The molecule has 8 heteroatoms. The summed E-state index contributed by atoms with van der Waals surface area (Å²) >= 11 is 5.92. The van der Waals surface area contributed by atoms with Crippen LogP contribution in [0.2, 0.25) is 5.02 Å². The zero-order chi connectivity index (χ0) is 21.1. The fraction of sp³-hybridized carbons (Fsp3) is 0.318. The number of amides is 1. The van der Waals surface area contributed by atoms with Gasteiger partial charge in [0.1, 0.15) is 11.4 Å². The molecule has 0 spiro atoms. The fourth-order valence-corrected chi connectivity index (χ4v) is 3.54. The smallest absolute Gasteiger partial charge is 0.266 e. The van der Waals surface area contributed by atoms with E-state index in [1.54, 1.807) is 44.4 Å². The molecule has 4 rings (SSSR count). The molecule has 0 unspecified atom stereocenters. The number of hydrogen-bond donors (Lipinski definition) is 0. The van der Waals surface area contributed by atoms with E-state index >= 15 is 0 Å². The second-order valence-corrected chi connectivity index (χ2v) is 8.04. The molecule has 0 bridgehead atoms. The number of nitrogens with zero attached hydrogens (tertiary/aromatic N) is 4. The lowest BCUT2D eigenvalue weighted by Gasteiger charge is -2.38. The van der Waals surface area contributed by atoms with Gasteiger partial charge in [-0.05, 0) is 62.4 Å².